The van der Waals surface area contributed by atoms with Gasteiger partial charge in [-0.2, -0.15) is 0 Å². The molecule has 1 rings (SSSR count). The topological polar surface area (TPSA) is 9.72 Å². The molecule has 0 aromatic heterocycles. The molecule has 0 spiro atoms. The summed E-state index contributed by atoms with van der Waals surface area (Å²) in [4.78, 5) is 0. The Morgan fingerprint density at radius 1 is 0.714 bits per heavy atom. The van der Waals surface area contributed by atoms with E-state index in [1.807, 2.05) is 0 Å². The summed E-state index contributed by atoms with van der Waals surface area (Å²) in [5.74, 6) is 0. The van der Waals surface area contributed by atoms with Crippen LogP contribution >= 0.6 is 0 Å². The molecule has 0 aliphatic heterocycles. The molecule has 14 heteroatoms. The Labute approximate surface area is 165 Å². The summed E-state index contributed by atoms with van der Waals surface area (Å²) in [6.45, 7) is 0. The Kier molecular flexibility index (Phi) is 7.49. The van der Waals surface area contributed by atoms with Crippen LogP contribution in [0.5, 0.6) is 0 Å². The van der Waals surface area contributed by atoms with Crippen molar-refractivity contribution in [2.75, 3.05) is 42.3 Å². The summed E-state index contributed by atoms with van der Waals surface area (Å²) < 4.78 is 126. The molecule has 28 heavy (non-hydrogen) atoms. The van der Waals surface area contributed by atoms with E-state index in [0.29, 0.717) is 6.08 Å². The van der Waals surface area contributed by atoms with Crippen LogP contribution in [-0.4, -0.2) is 79.1 Å². The van der Waals surface area contributed by atoms with Crippen molar-refractivity contribution in [3.8, 4) is 0 Å². The monoisotopic (exact) mass is 567 g/mol. The van der Waals surface area contributed by atoms with Gasteiger partial charge in [-0.1, -0.05) is 0 Å². The van der Waals surface area contributed by atoms with E-state index in [-0.39, 0.29) is 9.70 Å². The third-order valence-electron chi connectivity index (χ3n) is 4.89. The summed E-state index contributed by atoms with van der Waals surface area (Å²) in [5, 5.41) is -19.3. The van der Waals surface area contributed by atoms with Crippen LogP contribution in [-0.2, 0) is 21.1 Å². The Hall–Kier alpha value is 0.156. The van der Waals surface area contributed by atoms with Crippen LogP contribution in [0.15, 0.2) is 19.8 Å². The van der Waals surface area contributed by atoms with Crippen molar-refractivity contribution >= 4 is 13.3 Å². The number of halogens is 9. The number of hydrogen-bond acceptors (Lipinski definition) is 3. The van der Waals surface area contributed by atoms with E-state index in [1.54, 1.807) is 0 Å². The van der Waals surface area contributed by atoms with E-state index < -0.39 is 53.8 Å². The van der Waals surface area contributed by atoms with Crippen LogP contribution in [0.3, 0.4) is 0 Å². The fraction of sp³-hybridized carbons (Fsp3) is 0.714. The van der Waals surface area contributed by atoms with E-state index in [0.717, 1.165) is 6.08 Å². The second-order valence-electron chi connectivity index (χ2n) is 7.06. The average molecular weight is 567 g/mol. The van der Waals surface area contributed by atoms with Crippen molar-refractivity contribution in [3.05, 3.63) is 19.8 Å². The van der Waals surface area contributed by atoms with Crippen LogP contribution in [0, 0.1) is 0 Å². The van der Waals surface area contributed by atoms with Crippen molar-refractivity contribution < 1.29 is 60.7 Å². The molecule has 0 saturated carbocycles. The van der Waals surface area contributed by atoms with Crippen molar-refractivity contribution in [2.45, 2.75) is 21.4 Å². The molecule has 0 aromatic rings. The number of rotatable bonds is 5. The molecule has 164 valence electrons. The second kappa shape index (κ2) is 8.01. The number of hydrogen-bond donors (Lipinski definition) is 0. The first kappa shape index (κ1) is 26.2. The van der Waals surface area contributed by atoms with Gasteiger partial charge in [0.15, 0.2) is 0 Å². The molecule has 0 radical (unpaired) electrons. The normalized spacial score (nSPS) is 17.6. The van der Waals surface area contributed by atoms with Crippen molar-refractivity contribution in [1.29, 1.82) is 0 Å². The van der Waals surface area contributed by atoms with E-state index in [2.05, 4.69) is 0 Å². The van der Waals surface area contributed by atoms with E-state index in [1.165, 1.54) is 50.8 Å². The maximum absolute atomic E-state index is 13.7. The number of alkyl halides is 9. The van der Waals surface area contributed by atoms with Crippen LogP contribution in [0.25, 0.3) is 0 Å². The maximum atomic E-state index is 13.7. The zero-order valence-corrected chi connectivity index (χ0v) is 20.7. The van der Waals surface area contributed by atoms with Gasteiger partial charge in [-0.3, -0.25) is 0 Å². The summed E-state index contributed by atoms with van der Waals surface area (Å²) in [6.07, 6.45) is 1.04. The molecule has 3 nitrogen and oxygen atoms in total. The molecule has 0 amide bonds. The van der Waals surface area contributed by atoms with Gasteiger partial charge in [0.05, 0.1) is 0 Å². The molecule has 0 bridgehead atoms. The predicted octanol–water partition coefficient (Wildman–Crippen LogP) is 4.08. The van der Waals surface area contributed by atoms with Gasteiger partial charge in [-0.05, 0) is 0 Å². The van der Waals surface area contributed by atoms with Gasteiger partial charge in [-0.15, -0.1) is 0 Å². The summed E-state index contributed by atoms with van der Waals surface area (Å²) >= 11 is -13.4. The molecule has 1 aliphatic rings. The van der Waals surface area contributed by atoms with Crippen LogP contribution in [0.1, 0.15) is 6.42 Å². The average Bonchev–Trinajstić information content (AvgIpc) is 2.82. The SMILES string of the molecule is C[N](C)[Zr]([C]1=[C]([Ge]([C](F)(F)F)([C](F)(F)F)[C](F)(F)F)C=CC1)([N](C)C)[N](C)C. The van der Waals surface area contributed by atoms with Gasteiger partial charge in [0.1, 0.15) is 0 Å². The zero-order valence-electron chi connectivity index (χ0n) is 16.1. The van der Waals surface area contributed by atoms with Gasteiger partial charge in [-0.25, -0.2) is 0 Å². The minimum atomic E-state index is -8.73. The predicted molar refractivity (Wildman–Crippen MR) is 85.8 cm³/mol. The van der Waals surface area contributed by atoms with Crippen LogP contribution in [0.4, 0.5) is 39.5 Å². The molecule has 1 aliphatic carbocycles. The van der Waals surface area contributed by atoms with Gasteiger partial charge in [0.2, 0.25) is 0 Å². The number of allylic oxidation sites excluding steroid dienone is 4. The molecule has 0 heterocycles. The van der Waals surface area contributed by atoms with Crippen molar-refractivity contribution in [2.24, 2.45) is 0 Å². The van der Waals surface area contributed by atoms with Crippen LogP contribution < -0.4 is 0 Å². The van der Waals surface area contributed by atoms with Gasteiger partial charge in [0.25, 0.3) is 0 Å². The molecular weight excluding hydrogens is 545 g/mol. The zero-order chi connectivity index (χ0) is 22.5. The third kappa shape index (κ3) is 3.67. The first-order chi connectivity index (χ1) is 12.3. The molecule has 0 unspecified atom stereocenters. The molecule has 0 N–H and O–H groups in total. The minimum absolute atomic E-state index is 0.360. The summed E-state index contributed by atoms with van der Waals surface area (Å²) in [7, 11) is 8.85. The van der Waals surface area contributed by atoms with Gasteiger partial charge >= 0.3 is 166 Å². The molecule has 0 aromatic carbocycles. The molecule has 0 fully saturated rings. The van der Waals surface area contributed by atoms with Gasteiger partial charge < -0.3 is 0 Å². The molecular formula is C14H22F9GeN3Zr. The molecule has 0 saturated heterocycles. The Morgan fingerprint density at radius 3 is 1.29 bits per heavy atom. The summed E-state index contributed by atoms with van der Waals surface area (Å²) in [5.41, 5.74) is 0. The quantitative estimate of drug-likeness (QED) is 0.367. The van der Waals surface area contributed by atoms with Crippen molar-refractivity contribution in [3.63, 3.8) is 0 Å². The molecule has 0 atom stereocenters. The fourth-order valence-electron chi connectivity index (χ4n) is 4.12. The standard InChI is InChI=1S/C8H4F9Ge.3C2H6N.Zr/c9-6(10,11)18(7(12,13)14,8(15,16)17)5-3-1-2-4-5;3*1-3-2;/h1,3H,2H2;3*1-2H3;/q;3*-1;+3. The van der Waals surface area contributed by atoms with E-state index in [4.69, 9.17) is 0 Å². The summed E-state index contributed by atoms with van der Waals surface area (Å²) in [6, 6.07) is 0. The third-order valence-corrected chi connectivity index (χ3v) is 26.6. The van der Waals surface area contributed by atoms with Crippen LogP contribution in [0.2, 0.25) is 0 Å². The number of nitrogens with zero attached hydrogens (tertiary/aromatic N) is 3. The Bertz CT molecular complexity index is 590. The second-order valence-corrected chi connectivity index (χ2v) is 26.1. The van der Waals surface area contributed by atoms with Crippen molar-refractivity contribution in [1.82, 2.24) is 8.53 Å². The van der Waals surface area contributed by atoms with E-state index in [9.17, 15) is 39.5 Å². The Morgan fingerprint density at radius 2 is 1.04 bits per heavy atom. The fourth-order valence-corrected chi connectivity index (χ4v) is 26.4. The Balaban J connectivity index is 4.20. The van der Waals surface area contributed by atoms with E-state index >= 15 is 0 Å². The first-order valence-electron chi connectivity index (χ1n) is 7.94. The van der Waals surface area contributed by atoms with Gasteiger partial charge in [0, 0.05) is 0 Å². The first-order valence-corrected chi connectivity index (χ1v) is 16.7.